The number of rotatable bonds is 9. The summed E-state index contributed by atoms with van der Waals surface area (Å²) in [5.74, 6) is 1.75. The van der Waals surface area contributed by atoms with Crippen molar-refractivity contribution in [1.82, 2.24) is 19.5 Å². The summed E-state index contributed by atoms with van der Waals surface area (Å²) < 4.78 is 22.7. The molecule has 10 heteroatoms. The van der Waals surface area contributed by atoms with Crippen molar-refractivity contribution in [2.24, 2.45) is 0 Å². The molecule has 1 N–H and O–H groups in total. The average molecular weight is 466 g/mol. The van der Waals surface area contributed by atoms with Gasteiger partial charge in [0.15, 0.2) is 12.0 Å². The highest BCUT2D eigenvalue weighted by molar-refractivity contribution is 5.87. The number of likely N-dealkylation sites (N-methyl/N-ethyl adjacent to an activating group) is 1. The number of methoxy groups -OCH3 is 4. The zero-order valence-corrected chi connectivity index (χ0v) is 19.7. The highest BCUT2D eigenvalue weighted by Crippen LogP contribution is 2.33. The standard InChI is InChI=1S/C24H27N5O5/c1-28(14-22(32-3)33-4)21-9-6-16(12-25-21)29-13-19-17(24(29)30)7-8-18(27-19)15-10-20(31-2)23(34-5)26-11-15/h6-13,22,30H,14H2,1-5H3. The van der Waals surface area contributed by atoms with Crippen LogP contribution in [0, 0.1) is 0 Å². The van der Waals surface area contributed by atoms with E-state index in [1.807, 2.05) is 42.3 Å². The summed E-state index contributed by atoms with van der Waals surface area (Å²) >= 11 is 0. The average Bonchev–Trinajstić information content (AvgIpc) is 3.22. The minimum absolute atomic E-state index is 0.0845. The van der Waals surface area contributed by atoms with Gasteiger partial charge in [0.1, 0.15) is 5.82 Å². The van der Waals surface area contributed by atoms with Crippen LogP contribution in [0.5, 0.6) is 17.5 Å². The van der Waals surface area contributed by atoms with E-state index in [1.165, 1.54) is 7.11 Å². The molecule has 4 aromatic heterocycles. The molecule has 178 valence electrons. The van der Waals surface area contributed by atoms with E-state index in [0.29, 0.717) is 40.5 Å². The molecule has 0 aliphatic rings. The molecule has 0 saturated heterocycles. The molecule has 4 heterocycles. The first-order valence-electron chi connectivity index (χ1n) is 10.5. The fourth-order valence-electron chi connectivity index (χ4n) is 3.61. The normalized spacial score (nSPS) is 11.2. The van der Waals surface area contributed by atoms with Crippen LogP contribution in [0.15, 0.2) is 48.9 Å². The fourth-order valence-corrected chi connectivity index (χ4v) is 3.61. The van der Waals surface area contributed by atoms with Crippen molar-refractivity contribution in [2.75, 3.05) is 46.9 Å². The van der Waals surface area contributed by atoms with Crippen molar-refractivity contribution in [3.8, 4) is 34.5 Å². The molecule has 0 aliphatic heterocycles. The first kappa shape index (κ1) is 23.3. The van der Waals surface area contributed by atoms with E-state index >= 15 is 0 Å². The van der Waals surface area contributed by atoms with E-state index < -0.39 is 0 Å². The second-order valence-electron chi connectivity index (χ2n) is 7.54. The maximum Gasteiger partial charge on any atom is 0.256 e. The lowest BCUT2D eigenvalue weighted by Gasteiger charge is -2.23. The van der Waals surface area contributed by atoms with E-state index in [-0.39, 0.29) is 12.2 Å². The summed E-state index contributed by atoms with van der Waals surface area (Å²) in [5.41, 5.74) is 2.80. The van der Waals surface area contributed by atoms with Gasteiger partial charge in [-0.2, -0.15) is 0 Å². The van der Waals surface area contributed by atoms with Crippen LogP contribution < -0.4 is 14.4 Å². The number of nitrogens with zero attached hydrogens (tertiary/aromatic N) is 5. The van der Waals surface area contributed by atoms with Crippen molar-refractivity contribution in [3.63, 3.8) is 0 Å². The molecule has 0 saturated carbocycles. The molecular formula is C24H27N5O5. The van der Waals surface area contributed by atoms with E-state index in [0.717, 1.165) is 11.4 Å². The topological polar surface area (TPSA) is 104 Å². The van der Waals surface area contributed by atoms with Gasteiger partial charge in [0, 0.05) is 39.2 Å². The summed E-state index contributed by atoms with van der Waals surface area (Å²) in [6.07, 6.45) is 4.78. The number of aromatic nitrogens is 4. The van der Waals surface area contributed by atoms with Gasteiger partial charge in [-0.05, 0) is 30.3 Å². The van der Waals surface area contributed by atoms with Crippen LogP contribution in [0.1, 0.15) is 0 Å². The fraction of sp³-hybridized carbons (Fsp3) is 0.292. The van der Waals surface area contributed by atoms with Gasteiger partial charge in [0.2, 0.25) is 5.88 Å². The Labute approximate surface area is 197 Å². The van der Waals surface area contributed by atoms with E-state index in [1.54, 1.807) is 44.5 Å². The van der Waals surface area contributed by atoms with Gasteiger partial charge in [-0.1, -0.05) is 0 Å². The van der Waals surface area contributed by atoms with Crippen LogP contribution in [-0.4, -0.2) is 72.9 Å². The Morgan fingerprint density at radius 3 is 2.44 bits per heavy atom. The SMILES string of the molecule is COc1cc(-c2ccc3c(O)n(-c4ccc(N(C)CC(OC)OC)nc4)cc3n2)cnc1OC. The van der Waals surface area contributed by atoms with Gasteiger partial charge in [0.05, 0.1) is 49.2 Å². The predicted molar refractivity (Wildman–Crippen MR) is 128 cm³/mol. The highest BCUT2D eigenvalue weighted by atomic mass is 16.7. The Morgan fingerprint density at radius 1 is 1.00 bits per heavy atom. The number of anilines is 1. The van der Waals surface area contributed by atoms with Crippen molar-refractivity contribution in [3.05, 3.63) is 48.9 Å². The second-order valence-corrected chi connectivity index (χ2v) is 7.54. The third-order valence-corrected chi connectivity index (χ3v) is 5.52. The van der Waals surface area contributed by atoms with Crippen molar-refractivity contribution in [1.29, 1.82) is 0 Å². The van der Waals surface area contributed by atoms with Crippen LogP contribution in [0.2, 0.25) is 0 Å². The quantitative estimate of drug-likeness (QED) is 0.373. The molecule has 4 rings (SSSR count). The molecule has 0 unspecified atom stereocenters. The lowest BCUT2D eigenvalue weighted by molar-refractivity contribution is -0.0944. The minimum Gasteiger partial charge on any atom is -0.494 e. The molecule has 0 fully saturated rings. The number of fused-ring (bicyclic) bond motifs is 1. The molecule has 10 nitrogen and oxygen atoms in total. The van der Waals surface area contributed by atoms with Crippen LogP contribution >= 0.6 is 0 Å². The minimum atomic E-state index is -0.355. The van der Waals surface area contributed by atoms with Crippen LogP contribution in [0.25, 0.3) is 27.8 Å². The number of aromatic hydroxyl groups is 1. The molecule has 0 aliphatic carbocycles. The molecule has 0 bridgehead atoms. The van der Waals surface area contributed by atoms with Crippen molar-refractivity contribution < 1.29 is 24.1 Å². The van der Waals surface area contributed by atoms with Gasteiger partial charge in [-0.15, -0.1) is 0 Å². The number of hydrogen-bond donors (Lipinski definition) is 1. The van der Waals surface area contributed by atoms with Crippen LogP contribution in [0.3, 0.4) is 0 Å². The van der Waals surface area contributed by atoms with Crippen molar-refractivity contribution >= 4 is 16.7 Å². The van der Waals surface area contributed by atoms with Gasteiger partial charge in [-0.3, -0.25) is 4.57 Å². The molecule has 0 atom stereocenters. The Balaban J connectivity index is 1.63. The zero-order chi connectivity index (χ0) is 24.2. The molecule has 0 spiro atoms. The Hall–Kier alpha value is -3.89. The first-order chi connectivity index (χ1) is 16.5. The van der Waals surface area contributed by atoms with E-state index in [9.17, 15) is 5.11 Å². The summed E-state index contributed by atoms with van der Waals surface area (Å²) in [5, 5.41) is 11.4. The Kier molecular flexibility index (Phi) is 6.80. The van der Waals surface area contributed by atoms with Crippen LogP contribution in [-0.2, 0) is 9.47 Å². The molecular weight excluding hydrogens is 438 g/mol. The van der Waals surface area contributed by atoms with Crippen molar-refractivity contribution in [2.45, 2.75) is 6.29 Å². The van der Waals surface area contributed by atoms with Crippen LogP contribution in [0.4, 0.5) is 5.82 Å². The second kappa shape index (κ2) is 9.94. The lowest BCUT2D eigenvalue weighted by atomic mass is 10.1. The molecule has 4 aromatic rings. The van der Waals surface area contributed by atoms with Gasteiger partial charge in [0.25, 0.3) is 5.88 Å². The molecule has 34 heavy (non-hydrogen) atoms. The van der Waals surface area contributed by atoms with Gasteiger partial charge < -0.3 is 29.0 Å². The Morgan fingerprint density at radius 2 is 1.79 bits per heavy atom. The maximum atomic E-state index is 10.8. The van der Waals surface area contributed by atoms with Gasteiger partial charge in [-0.25, -0.2) is 15.0 Å². The maximum absolute atomic E-state index is 10.8. The number of ether oxygens (including phenoxy) is 4. The smallest absolute Gasteiger partial charge is 0.256 e. The summed E-state index contributed by atoms with van der Waals surface area (Å²) in [6.45, 7) is 0.524. The highest BCUT2D eigenvalue weighted by Gasteiger charge is 2.15. The number of hydrogen-bond acceptors (Lipinski definition) is 9. The summed E-state index contributed by atoms with van der Waals surface area (Å²) in [4.78, 5) is 15.4. The summed E-state index contributed by atoms with van der Waals surface area (Å²) in [7, 11) is 8.19. The molecule has 0 aromatic carbocycles. The summed E-state index contributed by atoms with van der Waals surface area (Å²) in [6, 6.07) is 9.22. The number of pyridine rings is 3. The third kappa shape index (κ3) is 4.45. The zero-order valence-electron chi connectivity index (χ0n) is 19.7. The molecule has 0 radical (unpaired) electrons. The van der Waals surface area contributed by atoms with Gasteiger partial charge >= 0.3 is 0 Å². The monoisotopic (exact) mass is 465 g/mol. The van der Waals surface area contributed by atoms with E-state index in [2.05, 4.69) is 9.97 Å². The predicted octanol–water partition coefficient (Wildman–Crippen LogP) is 3.26. The Bertz CT molecular complexity index is 1270. The largest absolute Gasteiger partial charge is 0.494 e. The lowest BCUT2D eigenvalue weighted by Crippen LogP contribution is -2.32. The first-order valence-corrected chi connectivity index (χ1v) is 10.5. The molecule has 0 amide bonds. The van der Waals surface area contributed by atoms with E-state index in [4.69, 9.17) is 23.9 Å². The third-order valence-electron chi connectivity index (χ3n) is 5.52.